The molecule has 0 aliphatic carbocycles. The zero-order valence-electron chi connectivity index (χ0n) is 18.1. The van der Waals surface area contributed by atoms with Gasteiger partial charge in [-0.05, 0) is 61.3 Å². The highest BCUT2D eigenvalue weighted by atomic mass is 32.2. The molecule has 0 saturated carbocycles. The van der Waals surface area contributed by atoms with Crippen LogP contribution in [0.4, 0.5) is 4.39 Å². The maximum Gasteiger partial charge on any atom is 0.243 e. The van der Waals surface area contributed by atoms with Gasteiger partial charge in [0.2, 0.25) is 15.9 Å². The summed E-state index contributed by atoms with van der Waals surface area (Å²) in [5.41, 5.74) is 2.17. The first-order valence-electron chi connectivity index (χ1n) is 10.7. The molecule has 1 fully saturated rings. The zero-order valence-corrected chi connectivity index (χ0v) is 18.9. The quantitative estimate of drug-likeness (QED) is 0.641. The van der Waals surface area contributed by atoms with Crippen molar-refractivity contribution in [2.45, 2.75) is 50.7 Å². The van der Waals surface area contributed by atoms with Gasteiger partial charge in [-0.1, -0.05) is 38.1 Å². The van der Waals surface area contributed by atoms with Gasteiger partial charge < -0.3 is 5.32 Å². The van der Waals surface area contributed by atoms with Crippen LogP contribution in [0.5, 0.6) is 0 Å². The van der Waals surface area contributed by atoms with Crippen molar-refractivity contribution in [1.29, 1.82) is 0 Å². The number of sulfonamides is 1. The van der Waals surface area contributed by atoms with Crippen LogP contribution in [0.3, 0.4) is 0 Å². The largest absolute Gasteiger partial charge is 0.351 e. The molecule has 2 aromatic carbocycles. The lowest BCUT2D eigenvalue weighted by atomic mass is 10.1. The van der Waals surface area contributed by atoms with Gasteiger partial charge in [0.25, 0.3) is 0 Å². The minimum Gasteiger partial charge on any atom is -0.351 e. The topological polar surface area (TPSA) is 69.7 Å². The molecular weight excluding hydrogens is 417 g/mol. The van der Waals surface area contributed by atoms with Crippen LogP contribution in [0.1, 0.15) is 37.8 Å². The number of amides is 1. The van der Waals surface area contributed by atoms with E-state index in [1.54, 1.807) is 0 Å². The third-order valence-corrected chi connectivity index (χ3v) is 7.71. The molecule has 1 saturated heterocycles. The maximum absolute atomic E-state index is 13.2. The number of nitrogens with one attached hydrogen (secondary N) is 1. The predicted molar refractivity (Wildman–Crippen MR) is 118 cm³/mol. The molecule has 8 heteroatoms. The van der Waals surface area contributed by atoms with E-state index >= 15 is 0 Å². The van der Waals surface area contributed by atoms with Crippen LogP contribution in [0.2, 0.25) is 0 Å². The number of benzene rings is 2. The zero-order chi connectivity index (χ0) is 22.4. The lowest BCUT2D eigenvalue weighted by Crippen LogP contribution is -2.45. The molecule has 2 aromatic rings. The van der Waals surface area contributed by atoms with E-state index in [1.807, 2.05) is 18.2 Å². The smallest absolute Gasteiger partial charge is 0.243 e. The third-order valence-electron chi connectivity index (χ3n) is 5.79. The second-order valence-electron chi connectivity index (χ2n) is 7.68. The highest BCUT2D eigenvalue weighted by molar-refractivity contribution is 7.89. The third kappa shape index (κ3) is 5.50. The van der Waals surface area contributed by atoms with Gasteiger partial charge in [0.15, 0.2) is 0 Å². The summed E-state index contributed by atoms with van der Waals surface area (Å²) < 4.78 is 40.4. The van der Waals surface area contributed by atoms with E-state index in [0.717, 1.165) is 42.9 Å². The lowest BCUT2D eigenvalue weighted by molar-refractivity contribution is -0.124. The van der Waals surface area contributed by atoms with E-state index in [9.17, 15) is 17.6 Å². The number of halogens is 1. The number of nitrogens with zero attached hydrogens (tertiary/aromatic N) is 2. The molecule has 0 bridgehead atoms. The second-order valence-corrected chi connectivity index (χ2v) is 9.57. The Hall–Kier alpha value is -2.29. The Morgan fingerprint density at radius 1 is 1.10 bits per heavy atom. The Morgan fingerprint density at radius 3 is 2.39 bits per heavy atom. The van der Waals surface area contributed by atoms with Crippen LogP contribution in [-0.4, -0.2) is 49.2 Å². The molecule has 168 valence electrons. The molecule has 31 heavy (non-hydrogen) atoms. The molecule has 1 aliphatic heterocycles. The van der Waals surface area contributed by atoms with Gasteiger partial charge in [-0.2, -0.15) is 4.31 Å². The Morgan fingerprint density at radius 2 is 1.74 bits per heavy atom. The molecule has 0 radical (unpaired) electrons. The average molecular weight is 448 g/mol. The summed E-state index contributed by atoms with van der Waals surface area (Å²) in [5, 5.41) is 2.93. The van der Waals surface area contributed by atoms with Crippen LogP contribution >= 0.6 is 0 Å². The molecule has 1 N–H and O–H groups in total. The van der Waals surface area contributed by atoms with E-state index < -0.39 is 21.9 Å². The number of hydrogen-bond acceptors (Lipinski definition) is 4. The van der Waals surface area contributed by atoms with Crippen molar-refractivity contribution < 1.29 is 17.6 Å². The molecule has 1 amide bonds. The van der Waals surface area contributed by atoms with Crippen LogP contribution in [-0.2, 0) is 27.9 Å². The Bertz CT molecular complexity index is 991. The van der Waals surface area contributed by atoms with Gasteiger partial charge in [-0.25, -0.2) is 12.8 Å². The molecule has 0 spiro atoms. The SMILES string of the molecule is CCN(CC)Cc1ccccc1CNC(=O)C1CCCN1S(=O)(=O)c1ccc(F)cc1. The molecule has 1 unspecified atom stereocenters. The Balaban J connectivity index is 1.70. The van der Waals surface area contributed by atoms with Crippen LogP contribution in [0, 0.1) is 5.82 Å². The van der Waals surface area contributed by atoms with E-state index in [4.69, 9.17) is 0 Å². The summed E-state index contributed by atoms with van der Waals surface area (Å²) in [5.74, 6) is -0.807. The molecule has 1 heterocycles. The number of hydrogen-bond donors (Lipinski definition) is 1. The molecule has 3 rings (SSSR count). The van der Waals surface area contributed by atoms with Gasteiger partial charge in [0.1, 0.15) is 11.9 Å². The van der Waals surface area contributed by atoms with Crippen molar-refractivity contribution in [3.05, 3.63) is 65.5 Å². The first-order chi connectivity index (χ1) is 14.9. The normalized spacial score (nSPS) is 17.2. The van der Waals surface area contributed by atoms with E-state index in [-0.39, 0.29) is 17.3 Å². The average Bonchev–Trinajstić information content (AvgIpc) is 3.28. The highest BCUT2D eigenvalue weighted by Gasteiger charge is 2.39. The summed E-state index contributed by atoms with van der Waals surface area (Å²) >= 11 is 0. The molecular formula is C23H30FN3O3S. The van der Waals surface area contributed by atoms with Gasteiger partial charge >= 0.3 is 0 Å². The Kier molecular flexibility index (Phi) is 7.80. The maximum atomic E-state index is 13.2. The first-order valence-corrected chi connectivity index (χ1v) is 12.1. The first kappa shape index (κ1) is 23.4. The number of rotatable bonds is 9. The fraction of sp³-hybridized carbons (Fsp3) is 0.435. The van der Waals surface area contributed by atoms with E-state index in [0.29, 0.717) is 19.4 Å². The minimum atomic E-state index is -3.86. The molecule has 1 aliphatic rings. The number of carbonyl (C=O) groups excluding carboxylic acids is 1. The van der Waals surface area contributed by atoms with Crippen LogP contribution in [0.25, 0.3) is 0 Å². The number of carbonyl (C=O) groups is 1. The fourth-order valence-corrected chi connectivity index (χ4v) is 5.56. The minimum absolute atomic E-state index is 0.00170. The van der Waals surface area contributed by atoms with E-state index in [2.05, 4.69) is 30.1 Å². The van der Waals surface area contributed by atoms with Crippen LogP contribution < -0.4 is 5.32 Å². The Labute approximate surface area is 184 Å². The van der Waals surface area contributed by atoms with Crippen molar-refractivity contribution in [3.63, 3.8) is 0 Å². The van der Waals surface area contributed by atoms with Gasteiger partial charge in [-0.15, -0.1) is 0 Å². The second kappa shape index (κ2) is 10.3. The monoisotopic (exact) mass is 447 g/mol. The van der Waals surface area contributed by atoms with Crippen molar-refractivity contribution in [1.82, 2.24) is 14.5 Å². The summed E-state index contributed by atoms with van der Waals surface area (Å²) in [6, 6.07) is 11.9. The van der Waals surface area contributed by atoms with Gasteiger partial charge in [0, 0.05) is 19.6 Å². The molecule has 0 aromatic heterocycles. The lowest BCUT2D eigenvalue weighted by Gasteiger charge is -2.24. The van der Waals surface area contributed by atoms with Gasteiger partial charge in [-0.3, -0.25) is 9.69 Å². The highest BCUT2D eigenvalue weighted by Crippen LogP contribution is 2.26. The fourth-order valence-electron chi connectivity index (χ4n) is 3.90. The van der Waals surface area contributed by atoms with Crippen LogP contribution in [0.15, 0.2) is 53.4 Å². The summed E-state index contributed by atoms with van der Waals surface area (Å²) in [6.07, 6.45) is 1.07. The van der Waals surface area contributed by atoms with Gasteiger partial charge in [0.05, 0.1) is 4.90 Å². The molecule has 6 nitrogen and oxygen atoms in total. The summed E-state index contributed by atoms with van der Waals surface area (Å²) in [7, 11) is -3.86. The summed E-state index contributed by atoms with van der Waals surface area (Å²) in [6.45, 7) is 7.53. The van der Waals surface area contributed by atoms with Crippen molar-refractivity contribution >= 4 is 15.9 Å². The standard InChI is InChI=1S/C23H30FN3O3S/c1-3-26(4-2)17-19-9-6-5-8-18(19)16-25-23(28)22-10-7-15-27(22)31(29,30)21-13-11-20(24)12-14-21/h5-6,8-9,11-14,22H,3-4,7,10,15-17H2,1-2H3,(H,25,28). The molecule has 1 atom stereocenters. The van der Waals surface area contributed by atoms with Crippen molar-refractivity contribution in [2.75, 3.05) is 19.6 Å². The predicted octanol–water partition coefficient (Wildman–Crippen LogP) is 3.14. The summed E-state index contributed by atoms with van der Waals surface area (Å²) in [4.78, 5) is 15.2. The van der Waals surface area contributed by atoms with Crippen molar-refractivity contribution in [3.8, 4) is 0 Å². The van der Waals surface area contributed by atoms with Crippen molar-refractivity contribution in [2.24, 2.45) is 0 Å². The van der Waals surface area contributed by atoms with E-state index in [1.165, 1.54) is 16.4 Å².